The lowest BCUT2D eigenvalue weighted by atomic mass is 10.2. The number of fused-ring (bicyclic) bond motifs is 1. The van der Waals surface area contributed by atoms with E-state index in [1.165, 1.54) is 7.11 Å². The first-order valence-electron chi connectivity index (χ1n) is 6.31. The highest BCUT2D eigenvalue weighted by atomic mass is 127. The minimum absolute atomic E-state index is 0.425. The van der Waals surface area contributed by atoms with Gasteiger partial charge in [0.1, 0.15) is 16.6 Å². The molecule has 0 aliphatic heterocycles. The number of thiophene rings is 1. The van der Waals surface area contributed by atoms with Crippen LogP contribution in [0, 0.1) is 14.2 Å². The summed E-state index contributed by atoms with van der Waals surface area (Å²) < 4.78 is 6.31. The molecule has 0 saturated carbocycles. The SMILES string of the molecule is COc1cc(Nc2c(C#N)cnc3sc(I)cc23)c(Cl)cc1Cl. The third kappa shape index (κ3) is 3.19. The Morgan fingerprint density at radius 1 is 1.30 bits per heavy atom. The molecule has 1 N–H and O–H groups in total. The van der Waals surface area contributed by atoms with Crippen molar-refractivity contribution in [2.75, 3.05) is 12.4 Å². The van der Waals surface area contributed by atoms with Crippen molar-refractivity contribution < 1.29 is 4.74 Å². The van der Waals surface area contributed by atoms with E-state index >= 15 is 0 Å². The Bertz CT molecular complexity index is 952. The Morgan fingerprint density at radius 3 is 2.78 bits per heavy atom. The number of rotatable bonds is 3. The van der Waals surface area contributed by atoms with Crippen LogP contribution in [0.5, 0.6) is 5.75 Å². The Labute approximate surface area is 160 Å². The van der Waals surface area contributed by atoms with Gasteiger partial charge >= 0.3 is 0 Å². The van der Waals surface area contributed by atoms with Gasteiger partial charge < -0.3 is 10.1 Å². The second-order valence-electron chi connectivity index (χ2n) is 4.52. The van der Waals surface area contributed by atoms with E-state index < -0.39 is 0 Å². The van der Waals surface area contributed by atoms with Crippen molar-refractivity contribution in [3.05, 3.63) is 42.9 Å². The molecule has 0 aliphatic carbocycles. The number of anilines is 2. The molecule has 0 fully saturated rings. The monoisotopic (exact) mass is 475 g/mol. The molecular weight excluding hydrogens is 468 g/mol. The van der Waals surface area contributed by atoms with Crippen LogP contribution in [0.4, 0.5) is 11.4 Å². The molecule has 8 heteroatoms. The summed E-state index contributed by atoms with van der Waals surface area (Å²) in [5, 5.41) is 14.3. The summed E-state index contributed by atoms with van der Waals surface area (Å²) in [6.07, 6.45) is 1.55. The first kappa shape index (κ1) is 16.6. The standard InChI is InChI=1S/C15H8Cl2IN3OS/c1-22-12-4-11(9(16)3-10(12)17)21-14-7(5-19)6-20-15-8(14)2-13(18)23-15/h2-4,6H,1H3,(H,20,21). The van der Waals surface area contributed by atoms with Gasteiger partial charge in [-0.3, -0.25) is 0 Å². The molecule has 3 aromatic rings. The molecule has 4 nitrogen and oxygen atoms in total. The summed E-state index contributed by atoms with van der Waals surface area (Å²) in [6.45, 7) is 0. The van der Waals surface area contributed by atoms with E-state index in [0.29, 0.717) is 32.7 Å². The van der Waals surface area contributed by atoms with Crippen LogP contribution >= 0.6 is 57.1 Å². The van der Waals surface area contributed by atoms with Crippen molar-refractivity contribution in [1.29, 1.82) is 5.26 Å². The second kappa shape index (κ2) is 6.69. The van der Waals surface area contributed by atoms with E-state index in [4.69, 9.17) is 27.9 Å². The van der Waals surface area contributed by atoms with Gasteiger partial charge in [0.2, 0.25) is 0 Å². The first-order valence-corrected chi connectivity index (χ1v) is 8.96. The lowest BCUT2D eigenvalue weighted by molar-refractivity contribution is 0.415. The summed E-state index contributed by atoms with van der Waals surface area (Å²) in [7, 11) is 1.53. The zero-order valence-corrected chi connectivity index (χ0v) is 16.1. The molecular formula is C15H8Cl2IN3OS. The highest BCUT2D eigenvalue weighted by Gasteiger charge is 2.15. The largest absolute Gasteiger partial charge is 0.495 e. The predicted molar refractivity (Wildman–Crippen MR) is 103 cm³/mol. The Morgan fingerprint density at radius 2 is 2.09 bits per heavy atom. The van der Waals surface area contributed by atoms with Gasteiger partial charge in [-0.1, -0.05) is 23.2 Å². The molecule has 2 aromatic heterocycles. The van der Waals surface area contributed by atoms with Crippen LogP contribution < -0.4 is 10.1 Å². The second-order valence-corrected chi connectivity index (χ2v) is 8.26. The van der Waals surface area contributed by atoms with E-state index in [1.54, 1.807) is 29.7 Å². The topological polar surface area (TPSA) is 57.9 Å². The molecule has 116 valence electrons. The Balaban J connectivity index is 2.17. The van der Waals surface area contributed by atoms with Crippen molar-refractivity contribution in [3.63, 3.8) is 0 Å². The number of benzene rings is 1. The molecule has 2 heterocycles. The number of hydrogen-bond donors (Lipinski definition) is 1. The molecule has 0 radical (unpaired) electrons. The summed E-state index contributed by atoms with van der Waals surface area (Å²) >= 11 is 16.1. The number of pyridine rings is 1. The maximum Gasteiger partial charge on any atom is 0.139 e. The molecule has 1 aromatic carbocycles. The van der Waals surface area contributed by atoms with Gasteiger partial charge in [-0.25, -0.2) is 4.98 Å². The van der Waals surface area contributed by atoms with Crippen LogP contribution in [-0.4, -0.2) is 12.1 Å². The van der Waals surface area contributed by atoms with E-state index in [-0.39, 0.29) is 0 Å². The molecule has 23 heavy (non-hydrogen) atoms. The van der Waals surface area contributed by atoms with E-state index in [0.717, 1.165) is 13.1 Å². The zero-order chi connectivity index (χ0) is 16.6. The summed E-state index contributed by atoms with van der Waals surface area (Å²) in [5.74, 6) is 0.502. The van der Waals surface area contributed by atoms with E-state index in [2.05, 4.69) is 39.0 Å². The minimum Gasteiger partial charge on any atom is -0.495 e. The van der Waals surface area contributed by atoms with E-state index in [1.807, 2.05) is 6.07 Å². The highest BCUT2D eigenvalue weighted by Crippen LogP contribution is 2.39. The van der Waals surface area contributed by atoms with Crippen molar-refractivity contribution in [1.82, 2.24) is 4.98 Å². The number of nitrogens with zero attached hydrogens (tertiary/aromatic N) is 2. The molecule has 0 amide bonds. The third-order valence-electron chi connectivity index (χ3n) is 3.15. The minimum atomic E-state index is 0.425. The summed E-state index contributed by atoms with van der Waals surface area (Å²) in [5.41, 5.74) is 1.72. The van der Waals surface area contributed by atoms with Crippen molar-refractivity contribution in [2.45, 2.75) is 0 Å². The number of aromatic nitrogens is 1. The van der Waals surface area contributed by atoms with Gasteiger partial charge in [0.15, 0.2) is 0 Å². The quantitative estimate of drug-likeness (QED) is 0.484. The zero-order valence-electron chi connectivity index (χ0n) is 11.7. The fraction of sp³-hybridized carbons (Fsp3) is 0.0667. The van der Waals surface area contributed by atoms with Crippen molar-refractivity contribution in [3.8, 4) is 11.8 Å². The number of methoxy groups -OCH3 is 1. The molecule has 0 aliphatic rings. The maximum absolute atomic E-state index is 9.37. The molecule has 0 saturated heterocycles. The molecule has 0 atom stereocenters. The van der Waals surface area contributed by atoms with Gasteiger partial charge in [-0.05, 0) is 34.7 Å². The number of hydrogen-bond acceptors (Lipinski definition) is 5. The van der Waals surface area contributed by atoms with Gasteiger partial charge in [-0.15, -0.1) is 11.3 Å². The lowest BCUT2D eigenvalue weighted by Crippen LogP contribution is -1.97. The summed E-state index contributed by atoms with van der Waals surface area (Å²) in [6, 6.07) is 7.44. The van der Waals surface area contributed by atoms with Crippen LogP contribution in [0.3, 0.4) is 0 Å². The van der Waals surface area contributed by atoms with Gasteiger partial charge in [0.05, 0.1) is 37.0 Å². The van der Waals surface area contributed by atoms with Crippen LogP contribution in [0.1, 0.15) is 5.56 Å². The smallest absolute Gasteiger partial charge is 0.139 e. The number of ether oxygens (including phenoxy) is 1. The van der Waals surface area contributed by atoms with Crippen LogP contribution in [0.2, 0.25) is 10.0 Å². The van der Waals surface area contributed by atoms with E-state index in [9.17, 15) is 5.26 Å². The van der Waals surface area contributed by atoms with Crippen LogP contribution in [-0.2, 0) is 0 Å². The Hall–Kier alpha value is -1.27. The Kier molecular flexibility index (Phi) is 4.82. The third-order valence-corrected chi connectivity index (χ3v) is 5.57. The number of nitriles is 1. The fourth-order valence-electron chi connectivity index (χ4n) is 2.10. The van der Waals surface area contributed by atoms with Crippen LogP contribution in [0.25, 0.3) is 10.2 Å². The average molecular weight is 476 g/mol. The van der Waals surface area contributed by atoms with Crippen molar-refractivity contribution in [2.24, 2.45) is 0 Å². The number of halogens is 3. The molecule has 0 unspecified atom stereocenters. The molecule has 0 spiro atoms. The van der Waals surface area contributed by atoms with Gasteiger partial charge in [0, 0.05) is 17.6 Å². The first-order chi connectivity index (χ1) is 11.0. The fourth-order valence-corrected chi connectivity index (χ4v) is 4.28. The lowest BCUT2D eigenvalue weighted by Gasteiger charge is -2.13. The van der Waals surface area contributed by atoms with Crippen LogP contribution in [0.15, 0.2) is 24.4 Å². The maximum atomic E-state index is 9.37. The van der Waals surface area contributed by atoms with Gasteiger partial charge in [-0.2, -0.15) is 5.26 Å². The number of nitrogens with one attached hydrogen (secondary N) is 1. The molecule has 3 rings (SSSR count). The normalized spacial score (nSPS) is 10.6. The molecule has 0 bridgehead atoms. The summed E-state index contributed by atoms with van der Waals surface area (Å²) in [4.78, 5) is 5.17. The van der Waals surface area contributed by atoms with Gasteiger partial charge in [0.25, 0.3) is 0 Å². The average Bonchev–Trinajstić information content (AvgIpc) is 2.90. The van der Waals surface area contributed by atoms with Crippen molar-refractivity contribution >= 4 is 78.7 Å². The predicted octanol–water partition coefficient (Wildman–Crippen LogP) is 5.83. The highest BCUT2D eigenvalue weighted by molar-refractivity contribution is 14.1.